The Morgan fingerprint density at radius 3 is 0.640 bits per heavy atom. The van der Waals surface area contributed by atoms with E-state index in [1.54, 1.807) is 0 Å². The standard InChI is InChI=1S/2C33H64O4.Zn/c2*1-3-5-7-8-9-10-11-12-17-20-23-26-30-33(36)37-31(27-6-4-2)28-24-21-18-15-13-14-16-19-22-25-29-32(34)35;/h2*31H,3-30H2,1-2H3,(H,34,35);/q;;+2/p-2. The van der Waals surface area contributed by atoms with Gasteiger partial charge >= 0.3 is 31.4 Å². The first-order valence-corrected chi connectivity index (χ1v) is 33.0. The van der Waals surface area contributed by atoms with Crippen LogP contribution < -0.4 is 10.2 Å². The summed E-state index contributed by atoms with van der Waals surface area (Å²) in [5, 5.41) is 20.8. The fraction of sp³-hybridized carbons (Fsp3) is 0.939. The van der Waals surface area contributed by atoms with E-state index in [1.165, 1.54) is 205 Å². The van der Waals surface area contributed by atoms with Crippen LogP contribution in [-0.4, -0.2) is 36.1 Å². The predicted octanol–water partition coefficient (Wildman–Crippen LogP) is 19.2. The van der Waals surface area contributed by atoms with Crippen LogP contribution in [0.15, 0.2) is 0 Å². The molecule has 0 aromatic heterocycles. The van der Waals surface area contributed by atoms with Gasteiger partial charge in [-0.05, 0) is 77.0 Å². The SMILES string of the molecule is CCCCCCCCCCCCCCC(=O)OC(CCCC)CCCCCCCCCCCCC(=O)[O-].CCCCCCCCCCCCCCC(=O)OC(CCCC)CCCCCCCCCCCCC(=O)[O-].[Zn+2]. The second-order valence-corrected chi connectivity index (χ2v) is 22.7. The zero-order valence-electron chi connectivity index (χ0n) is 50.7. The number of hydrogen-bond donors (Lipinski definition) is 0. The Labute approximate surface area is 479 Å². The second kappa shape index (κ2) is 66.8. The number of unbranched alkanes of at least 4 members (excludes halogenated alkanes) is 42. The molecule has 0 aromatic rings. The molecule has 9 heteroatoms. The summed E-state index contributed by atoms with van der Waals surface area (Å²) in [5.41, 5.74) is 0. The van der Waals surface area contributed by atoms with Gasteiger partial charge < -0.3 is 29.3 Å². The quantitative estimate of drug-likeness (QED) is 0.0334. The van der Waals surface area contributed by atoms with Crippen LogP contribution in [0.25, 0.3) is 0 Å². The summed E-state index contributed by atoms with van der Waals surface area (Å²) >= 11 is 0. The number of carboxylic acid groups (broad SMARTS) is 2. The summed E-state index contributed by atoms with van der Waals surface area (Å²) in [7, 11) is 0. The summed E-state index contributed by atoms with van der Waals surface area (Å²) in [4.78, 5) is 45.5. The third kappa shape index (κ3) is 68.6. The summed E-state index contributed by atoms with van der Waals surface area (Å²) in [5.74, 6) is -1.81. The fourth-order valence-corrected chi connectivity index (χ4v) is 10.2. The van der Waals surface area contributed by atoms with Crippen molar-refractivity contribution < 1.29 is 58.3 Å². The molecule has 0 N–H and O–H groups in total. The zero-order valence-corrected chi connectivity index (χ0v) is 53.7. The van der Waals surface area contributed by atoms with Crippen LogP contribution in [0.4, 0.5) is 0 Å². The molecule has 0 aliphatic rings. The molecule has 0 aliphatic heterocycles. The molecule has 2 unspecified atom stereocenters. The Morgan fingerprint density at radius 1 is 0.253 bits per heavy atom. The van der Waals surface area contributed by atoms with Crippen molar-refractivity contribution in [3.63, 3.8) is 0 Å². The van der Waals surface area contributed by atoms with E-state index in [1.807, 2.05) is 0 Å². The Bertz CT molecular complexity index is 1080. The van der Waals surface area contributed by atoms with Gasteiger partial charge in [0.05, 0.1) is 0 Å². The van der Waals surface area contributed by atoms with Gasteiger partial charge in [0.1, 0.15) is 12.2 Å². The van der Waals surface area contributed by atoms with Crippen molar-refractivity contribution in [2.24, 2.45) is 0 Å². The Morgan fingerprint density at radius 2 is 0.427 bits per heavy atom. The molecule has 0 fully saturated rings. The number of aliphatic carboxylic acids is 2. The van der Waals surface area contributed by atoms with Gasteiger partial charge in [0, 0.05) is 24.8 Å². The molecular formula is C66H126O8Zn. The molecular weight excluding hydrogens is 986 g/mol. The van der Waals surface area contributed by atoms with Crippen LogP contribution in [0, 0.1) is 0 Å². The maximum absolute atomic E-state index is 12.4. The van der Waals surface area contributed by atoms with E-state index in [0.29, 0.717) is 12.8 Å². The molecule has 0 bridgehead atoms. The topological polar surface area (TPSA) is 133 Å². The molecule has 0 aromatic carbocycles. The smallest absolute Gasteiger partial charge is 0.550 e. The number of hydrogen-bond acceptors (Lipinski definition) is 8. The van der Waals surface area contributed by atoms with Crippen molar-refractivity contribution >= 4 is 23.9 Å². The zero-order chi connectivity index (χ0) is 54.5. The van der Waals surface area contributed by atoms with Crippen molar-refractivity contribution in [2.75, 3.05) is 0 Å². The van der Waals surface area contributed by atoms with E-state index < -0.39 is 11.9 Å². The summed E-state index contributed by atoms with van der Waals surface area (Å²) in [6.07, 6.45) is 65.1. The third-order valence-electron chi connectivity index (χ3n) is 15.1. The van der Waals surface area contributed by atoms with E-state index in [0.717, 1.165) is 128 Å². The normalized spacial score (nSPS) is 11.9. The van der Waals surface area contributed by atoms with Gasteiger partial charge in [-0.1, -0.05) is 297 Å². The Balaban J connectivity index is -0.00000136. The first-order valence-electron chi connectivity index (χ1n) is 33.0. The largest absolute Gasteiger partial charge is 2.00 e. The monoisotopic (exact) mass is 1110 g/mol. The van der Waals surface area contributed by atoms with Crippen LogP contribution in [0.5, 0.6) is 0 Å². The van der Waals surface area contributed by atoms with Gasteiger partial charge in [-0.2, -0.15) is 0 Å². The molecule has 440 valence electrons. The van der Waals surface area contributed by atoms with Crippen LogP contribution >= 0.6 is 0 Å². The molecule has 0 heterocycles. The minimum atomic E-state index is -0.925. The van der Waals surface area contributed by atoms with Gasteiger partial charge in [-0.25, -0.2) is 0 Å². The van der Waals surface area contributed by atoms with Crippen molar-refractivity contribution in [3.8, 4) is 0 Å². The number of esters is 2. The Kier molecular flexibility index (Phi) is 69.2. The van der Waals surface area contributed by atoms with E-state index in [2.05, 4.69) is 27.7 Å². The van der Waals surface area contributed by atoms with E-state index in [9.17, 15) is 29.4 Å². The van der Waals surface area contributed by atoms with Crippen molar-refractivity contribution in [1.29, 1.82) is 0 Å². The van der Waals surface area contributed by atoms with Gasteiger partial charge in [0.25, 0.3) is 0 Å². The van der Waals surface area contributed by atoms with Gasteiger partial charge in [-0.3, -0.25) is 9.59 Å². The van der Waals surface area contributed by atoms with E-state index in [4.69, 9.17) is 9.47 Å². The molecule has 75 heavy (non-hydrogen) atoms. The van der Waals surface area contributed by atoms with Gasteiger partial charge in [0.2, 0.25) is 0 Å². The van der Waals surface area contributed by atoms with E-state index in [-0.39, 0.29) is 56.5 Å². The average molecular weight is 1110 g/mol. The van der Waals surface area contributed by atoms with Crippen LogP contribution in [0.1, 0.15) is 387 Å². The molecule has 0 aliphatic carbocycles. The summed E-state index contributed by atoms with van der Waals surface area (Å²) < 4.78 is 11.8. The van der Waals surface area contributed by atoms with Crippen molar-refractivity contribution in [3.05, 3.63) is 0 Å². The number of carboxylic acids is 2. The summed E-state index contributed by atoms with van der Waals surface area (Å²) in [6.45, 7) is 8.95. The number of rotatable bonds is 60. The number of carbonyl (C=O) groups excluding carboxylic acids is 4. The van der Waals surface area contributed by atoms with Crippen LogP contribution in [-0.2, 0) is 48.1 Å². The minimum absolute atomic E-state index is 0. The average Bonchev–Trinajstić information content (AvgIpc) is 3.38. The number of ether oxygens (including phenoxy) is 2. The predicted molar refractivity (Wildman–Crippen MR) is 311 cm³/mol. The van der Waals surface area contributed by atoms with Crippen molar-refractivity contribution in [1.82, 2.24) is 0 Å². The first-order chi connectivity index (χ1) is 36.2. The van der Waals surface area contributed by atoms with Crippen LogP contribution in [0.3, 0.4) is 0 Å². The molecule has 2 atom stereocenters. The first kappa shape index (κ1) is 77.7. The number of carbonyl (C=O) groups is 4. The molecule has 0 spiro atoms. The maximum Gasteiger partial charge on any atom is 2.00 e. The van der Waals surface area contributed by atoms with Crippen molar-refractivity contribution in [2.45, 2.75) is 399 Å². The van der Waals surface area contributed by atoms with E-state index >= 15 is 0 Å². The minimum Gasteiger partial charge on any atom is -0.550 e. The molecule has 0 radical (unpaired) electrons. The molecule has 0 amide bonds. The Hall–Kier alpha value is -1.50. The molecule has 0 saturated carbocycles. The molecule has 0 saturated heterocycles. The third-order valence-corrected chi connectivity index (χ3v) is 15.1. The maximum atomic E-state index is 12.4. The van der Waals surface area contributed by atoms with Crippen LogP contribution in [0.2, 0.25) is 0 Å². The van der Waals surface area contributed by atoms with Gasteiger partial charge in [0.15, 0.2) is 0 Å². The second-order valence-electron chi connectivity index (χ2n) is 22.7. The molecule has 0 rings (SSSR count). The molecule has 8 nitrogen and oxygen atoms in total. The van der Waals surface area contributed by atoms with Gasteiger partial charge in [-0.15, -0.1) is 0 Å². The summed E-state index contributed by atoms with van der Waals surface area (Å²) in [6, 6.07) is 0. The fourth-order valence-electron chi connectivity index (χ4n) is 10.2.